The first kappa shape index (κ1) is 20.9. The second-order valence-electron chi connectivity index (χ2n) is 6.86. The van der Waals surface area contributed by atoms with Gasteiger partial charge in [-0.05, 0) is 37.8 Å². The normalized spacial score (nSPS) is 20.2. The summed E-state index contributed by atoms with van der Waals surface area (Å²) in [5.41, 5.74) is -0.0268. The summed E-state index contributed by atoms with van der Waals surface area (Å²) in [5.74, 6) is 2.23. The van der Waals surface area contributed by atoms with Crippen molar-refractivity contribution in [3.05, 3.63) is 28.3 Å². The van der Waals surface area contributed by atoms with Crippen LogP contribution in [-0.2, 0) is 15.9 Å². The minimum Gasteiger partial charge on any atom is -0.351 e. The second-order valence-corrected chi connectivity index (χ2v) is 10.2. The molecule has 6 nitrogen and oxygen atoms in total. The number of aromatic nitrogens is 1. The second kappa shape index (κ2) is 7.53. The molecule has 2 aromatic heterocycles. The third kappa shape index (κ3) is 4.58. The van der Waals surface area contributed by atoms with Crippen molar-refractivity contribution in [3.63, 3.8) is 0 Å². The smallest absolute Gasteiger partial charge is 0.351 e. The molecule has 0 spiro atoms. The Labute approximate surface area is 164 Å². The molecular formula is C17H20F3N3O3S2. The summed E-state index contributed by atoms with van der Waals surface area (Å²) in [6.45, 7) is 2.25. The monoisotopic (exact) mass is 435 g/mol. The summed E-state index contributed by atoms with van der Waals surface area (Å²) in [5, 5.41) is 3.53. The van der Waals surface area contributed by atoms with Gasteiger partial charge in [-0.1, -0.05) is 5.16 Å². The highest BCUT2D eigenvalue weighted by molar-refractivity contribution is 7.97. The van der Waals surface area contributed by atoms with E-state index in [2.05, 4.69) is 20.3 Å². The zero-order valence-electron chi connectivity index (χ0n) is 15.3. The van der Waals surface area contributed by atoms with Crippen molar-refractivity contribution in [2.75, 3.05) is 19.3 Å². The summed E-state index contributed by atoms with van der Waals surface area (Å²) in [7, 11) is -2.38. The molecule has 0 aliphatic carbocycles. The molecule has 154 valence electrons. The van der Waals surface area contributed by atoms with Gasteiger partial charge in [0.15, 0.2) is 0 Å². The van der Waals surface area contributed by atoms with E-state index in [1.807, 2.05) is 0 Å². The average molecular weight is 435 g/mol. The Kier molecular flexibility index (Phi) is 5.61. The number of likely N-dealkylation sites (tertiary alicyclic amines) is 1. The van der Waals surface area contributed by atoms with Gasteiger partial charge in [-0.25, -0.2) is 4.72 Å². The van der Waals surface area contributed by atoms with Gasteiger partial charge in [0.05, 0.1) is 9.75 Å². The number of halogens is 3. The predicted octanol–water partition coefficient (Wildman–Crippen LogP) is 3.19. The number of carbonyl (C=O) groups excluding carboxylic acids is 1. The Morgan fingerprint density at radius 2 is 2.18 bits per heavy atom. The molecular weight excluding hydrogens is 415 g/mol. The largest absolute Gasteiger partial charge is 0.452 e. The SMILES string of the molecule is C=S(C)(=O)N[C@H]1CCCN(C(=O)c2ccc(-c3noc(C(F)(F)F)c3C)s2)C1. The maximum atomic E-state index is 12.9. The van der Waals surface area contributed by atoms with Crippen LogP contribution in [0.15, 0.2) is 16.7 Å². The summed E-state index contributed by atoms with van der Waals surface area (Å²) < 4.78 is 57.9. The van der Waals surface area contributed by atoms with Crippen molar-refractivity contribution in [3.8, 4) is 10.6 Å². The van der Waals surface area contributed by atoms with Crippen LogP contribution in [0.1, 0.15) is 33.8 Å². The van der Waals surface area contributed by atoms with Crippen molar-refractivity contribution < 1.29 is 26.7 Å². The summed E-state index contributed by atoms with van der Waals surface area (Å²) >= 11 is 1.07. The van der Waals surface area contributed by atoms with Gasteiger partial charge in [0.2, 0.25) is 5.76 Å². The maximum absolute atomic E-state index is 12.9. The lowest BCUT2D eigenvalue weighted by Crippen LogP contribution is -2.49. The molecule has 0 saturated carbocycles. The van der Waals surface area contributed by atoms with E-state index in [0.717, 1.165) is 24.2 Å². The topological polar surface area (TPSA) is 75.4 Å². The van der Waals surface area contributed by atoms with Crippen LogP contribution >= 0.6 is 11.3 Å². The van der Waals surface area contributed by atoms with E-state index < -0.39 is 21.6 Å². The molecule has 11 heteroatoms. The van der Waals surface area contributed by atoms with E-state index in [1.165, 1.54) is 13.2 Å². The maximum Gasteiger partial charge on any atom is 0.452 e. The molecule has 2 aromatic rings. The van der Waals surface area contributed by atoms with Crippen molar-refractivity contribution in [2.45, 2.75) is 32.0 Å². The quantitative estimate of drug-likeness (QED) is 0.749. The van der Waals surface area contributed by atoms with Crippen LogP contribution in [0.5, 0.6) is 0 Å². The highest BCUT2D eigenvalue weighted by Crippen LogP contribution is 2.38. The summed E-state index contributed by atoms with van der Waals surface area (Å²) in [6, 6.07) is 3.03. The Hall–Kier alpha value is -1.85. The van der Waals surface area contributed by atoms with Crippen LogP contribution in [0.25, 0.3) is 10.6 Å². The van der Waals surface area contributed by atoms with Gasteiger partial charge in [0.25, 0.3) is 5.91 Å². The van der Waals surface area contributed by atoms with Gasteiger partial charge >= 0.3 is 6.18 Å². The van der Waals surface area contributed by atoms with Crippen molar-refractivity contribution >= 4 is 32.8 Å². The number of hydrogen-bond acceptors (Lipinski definition) is 5. The van der Waals surface area contributed by atoms with Gasteiger partial charge in [-0.2, -0.15) is 13.2 Å². The van der Waals surface area contributed by atoms with Crippen LogP contribution in [0, 0.1) is 6.92 Å². The molecule has 2 atom stereocenters. The molecule has 1 fully saturated rings. The third-order valence-electron chi connectivity index (χ3n) is 4.36. The Morgan fingerprint density at radius 1 is 1.46 bits per heavy atom. The van der Waals surface area contributed by atoms with Crippen LogP contribution in [0.3, 0.4) is 0 Å². The number of carbonyl (C=O) groups is 1. The van der Waals surface area contributed by atoms with Gasteiger partial charge in [-0.15, -0.1) is 11.3 Å². The van der Waals surface area contributed by atoms with Crippen molar-refractivity contribution in [2.24, 2.45) is 0 Å². The first-order valence-corrected chi connectivity index (χ1v) is 11.4. The Balaban J connectivity index is 1.77. The zero-order valence-corrected chi connectivity index (χ0v) is 17.0. The van der Waals surface area contributed by atoms with Gasteiger partial charge in [-0.3, -0.25) is 9.00 Å². The number of thiophene rings is 1. The molecule has 1 N–H and O–H groups in total. The molecule has 3 rings (SSSR count). The predicted molar refractivity (Wildman–Crippen MR) is 103 cm³/mol. The lowest BCUT2D eigenvalue weighted by atomic mass is 10.1. The molecule has 0 bridgehead atoms. The highest BCUT2D eigenvalue weighted by atomic mass is 32.2. The average Bonchev–Trinajstić information content (AvgIpc) is 3.18. The Bertz CT molecular complexity index is 979. The number of nitrogens with zero attached hydrogens (tertiary/aromatic N) is 2. The molecule has 1 unspecified atom stereocenters. The molecule has 1 aliphatic heterocycles. The first-order chi connectivity index (χ1) is 13.0. The van der Waals surface area contributed by atoms with E-state index in [4.69, 9.17) is 0 Å². The van der Waals surface area contributed by atoms with Crippen LogP contribution in [0.2, 0.25) is 0 Å². The Morgan fingerprint density at radius 3 is 2.79 bits per heavy atom. The number of nitrogens with one attached hydrogen (secondary N) is 1. The lowest BCUT2D eigenvalue weighted by Gasteiger charge is -2.33. The van der Waals surface area contributed by atoms with E-state index in [9.17, 15) is 22.2 Å². The van der Waals surface area contributed by atoms with Crippen LogP contribution < -0.4 is 4.72 Å². The lowest BCUT2D eigenvalue weighted by molar-refractivity contribution is -0.156. The number of amides is 1. The summed E-state index contributed by atoms with van der Waals surface area (Å²) in [6.07, 6.45) is -1.56. The molecule has 0 radical (unpaired) electrons. The van der Waals surface area contributed by atoms with Crippen molar-refractivity contribution in [1.82, 2.24) is 14.8 Å². The fourth-order valence-corrected chi connectivity index (χ4v) is 5.09. The fraction of sp³-hybridized carbons (Fsp3) is 0.471. The van der Waals surface area contributed by atoms with Crippen molar-refractivity contribution in [1.29, 1.82) is 0 Å². The van der Waals surface area contributed by atoms with Crippen LogP contribution in [-0.4, -0.2) is 51.4 Å². The molecule has 28 heavy (non-hydrogen) atoms. The molecule has 1 amide bonds. The minimum absolute atomic E-state index is 0.0809. The van der Waals surface area contributed by atoms with Gasteiger partial charge in [0.1, 0.15) is 5.69 Å². The number of hydrogen-bond donors (Lipinski definition) is 1. The fourth-order valence-electron chi connectivity index (χ4n) is 3.18. The van der Waals surface area contributed by atoms with E-state index in [0.29, 0.717) is 22.8 Å². The minimum atomic E-state index is -4.62. The molecule has 1 saturated heterocycles. The van der Waals surface area contributed by atoms with E-state index in [1.54, 1.807) is 17.0 Å². The molecule has 1 aliphatic rings. The molecule has 3 heterocycles. The van der Waals surface area contributed by atoms with Gasteiger partial charge < -0.3 is 9.42 Å². The number of alkyl halides is 3. The van der Waals surface area contributed by atoms with E-state index >= 15 is 0 Å². The summed E-state index contributed by atoms with van der Waals surface area (Å²) in [4.78, 5) is 15.3. The van der Waals surface area contributed by atoms with Crippen LogP contribution in [0.4, 0.5) is 13.2 Å². The number of rotatable bonds is 4. The zero-order chi connectivity index (χ0) is 20.7. The highest BCUT2D eigenvalue weighted by Gasteiger charge is 2.39. The van der Waals surface area contributed by atoms with Gasteiger partial charge in [0, 0.05) is 40.7 Å². The standard InChI is InChI=1S/C17H20F3N3O3S2/c1-10-14(21-26-15(10)17(18,19)20)12-6-7-13(27-12)16(24)23-8-4-5-11(9-23)22-28(2,3)25/h6-7,11H,2,4-5,8-9H2,1,3H3,(H,22,25)/t11-,28?/m0/s1. The molecule has 0 aromatic carbocycles. The number of piperidine rings is 1. The third-order valence-corrected chi connectivity index (χ3v) is 6.27. The van der Waals surface area contributed by atoms with E-state index in [-0.39, 0.29) is 23.2 Å². The first-order valence-electron chi connectivity index (χ1n) is 8.48.